The number of carbonyl (C=O) groups is 1. The largest absolute Gasteiger partial charge is 0.349 e. The van der Waals surface area contributed by atoms with E-state index < -0.39 is 0 Å². The van der Waals surface area contributed by atoms with Crippen LogP contribution in [0.1, 0.15) is 23.4 Å². The molecule has 1 amide bonds. The highest BCUT2D eigenvalue weighted by atomic mass is 35.5. The van der Waals surface area contributed by atoms with E-state index in [-0.39, 0.29) is 11.9 Å². The molecule has 136 valence electrons. The summed E-state index contributed by atoms with van der Waals surface area (Å²) in [4.78, 5) is 13.6. The minimum atomic E-state index is -0.0722. The van der Waals surface area contributed by atoms with E-state index in [0.717, 1.165) is 23.7 Å². The average Bonchev–Trinajstić information content (AvgIpc) is 3.30. The summed E-state index contributed by atoms with van der Waals surface area (Å²) >= 11 is 9.04. The van der Waals surface area contributed by atoms with Crippen LogP contribution in [-0.2, 0) is 17.8 Å². The molecule has 1 aromatic carbocycles. The highest BCUT2D eigenvalue weighted by molar-refractivity contribution is 7.99. The molecule has 0 fully saturated rings. The lowest BCUT2D eigenvalue weighted by molar-refractivity contribution is -0.119. The molecule has 2 heterocycles. The lowest BCUT2D eigenvalue weighted by Crippen LogP contribution is -2.28. The van der Waals surface area contributed by atoms with Crippen LogP contribution in [-0.4, -0.2) is 26.4 Å². The van der Waals surface area contributed by atoms with Crippen molar-refractivity contribution in [2.75, 3.05) is 5.75 Å². The van der Waals surface area contributed by atoms with E-state index in [1.54, 1.807) is 17.7 Å². The lowest BCUT2D eigenvalue weighted by Gasteiger charge is -2.14. The zero-order chi connectivity index (χ0) is 18.4. The van der Waals surface area contributed by atoms with Crippen molar-refractivity contribution in [3.8, 4) is 0 Å². The van der Waals surface area contributed by atoms with Crippen LogP contribution >= 0.6 is 34.7 Å². The molecule has 1 unspecified atom stereocenters. The van der Waals surface area contributed by atoms with Gasteiger partial charge in [0.15, 0.2) is 5.16 Å². The van der Waals surface area contributed by atoms with Gasteiger partial charge in [0.05, 0.1) is 11.8 Å². The van der Waals surface area contributed by atoms with E-state index in [2.05, 4.69) is 27.0 Å². The number of amides is 1. The number of aryl methyl sites for hydroxylation is 2. The summed E-state index contributed by atoms with van der Waals surface area (Å²) in [5, 5.41) is 14.6. The molecule has 3 rings (SSSR count). The number of thioether (sulfide) groups is 1. The molecular formula is C18H19ClN4OS2. The second kappa shape index (κ2) is 9.21. The molecule has 0 saturated carbocycles. The number of thiophene rings is 1. The van der Waals surface area contributed by atoms with Crippen LogP contribution in [0.5, 0.6) is 0 Å². The van der Waals surface area contributed by atoms with Gasteiger partial charge in [0.1, 0.15) is 6.33 Å². The molecule has 1 atom stereocenters. The topological polar surface area (TPSA) is 59.8 Å². The highest BCUT2D eigenvalue weighted by Crippen LogP contribution is 2.19. The Morgan fingerprint density at radius 1 is 1.35 bits per heavy atom. The molecule has 0 spiro atoms. The smallest absolute Gasteiger partial charge is 0.230 e. The third-order valence-electron chi connectivity index (χ3n) is 3.84. The van der Waals surface area contributed by atoms with Crippen LogP contribution in [0.15, 0.2) is 53.3 Å². The molecule has 1 N–H and O–H groups in total. The third-order valence-corrected chi connectivity index (χ3v) is 6.01. The van der Waals surface area contributed by atoms with Crippen LogP contribution in [0, 0.1) is 0 Å². The van der Waals surface area contributed by atoms with Crippen LogP contribution in [0.25, 0.3) is 0 Å². The molecule has 0 aliphatic carbocycles. The summed E-state index contributed by atoms with van der Waals surface area (Å²) in [6.45, 7) is 2.76. The standard InChI is InChI=1S/C18H19ClN4OS2/c1-13(14-4-6-15(19)7-5-14)21-17(24)11-26-18-22-20-12-23(18)9-8-16-3-2-10-25-16/h2-7,10,12-13H,8-9,11H2,1H3,(H,21,24). The van der Waals surface area contributed by atoms with Crippen molar-refractivity contribution < 1.29 is 4.79 Å². The summed E-state index contributed by atoms with van der Waals surface area (Å²) in [5.74, 6) is 0.264. The Bertz CT molecular complexity index is 833. The van der Waals surface area contributed by atoms with Gasteiger partial charge in [0, 0.05) is 16.4 Å². The van der Waals surface area contributed by atoms with Crippen molar-refractivity contribution in [3.63, 3.8) is 0 Å². The first-order valence-corrected chi connectivity index (χ1v) is 10.4. The predicted octanol–water partition coefficient (Wildman–Crippen LogP) is 4.21. The Balaban J connectivity index is 1.48. The molecule has 26 heavy (non-hydrogen) atoms. The molecule has 0 aliphatic rings. The zero-order valence-electron chi connectivity index (χ0n) is 14.3. The maximum atomic E-state index is 12.2. The first-order chi connectivity index (χ1) is 12.6. The van der Waals surface area contributed by atoms with E-state index in [0.29, 0.717) is 10.8 Å². The molecule has 0 saturated heterocycles. The second-order valence-electron chi connectivity index (χ2n) is 5.77. The number of carbonyl (C=O) groups excluding carboxylic acids is 1. The van der Waals surface area contributed by atoms with Crippen molar-refractivity contribution in [3.05, 3.63) is 63.6 Å². The van der Waals surface area contributed by atoms with Gasteiger partial charge in [0.25, 0.3) is 0 Å². The molecule has 3 aromatic rings. The summed E-state index contributed by atoms with van der Waals surface area (Å²) in [6.07, 6.45) is 2.65. The van der Waals surface area contributed by atoms with Crippen LogP contribution in [0.2, 0.25) is 5.02 Å². The van der Waals surface area contributed by atoms with E-state index in [9.17, 15) is 4.79 Å². The van der Waals surface area contributed by atoms with Crippen LogP contribution in [0.4, 0.5) is 0 Å². The van der Waals surface area contributed by atoms with E-state index in [4.69, 9.17) is 11.6 Å². The minimum Gasteiger partial charge on any atom is -0.349 e. The highest BCUT2D eigenvalue weighted by Gasteiger charge is 2.12. The van der Waals surface area contributed by atoms with Crippen LogP contribution in [0.3, 0.4) is 0 Å². The molecule has 8 heteroatoms. The molecule has 0 aliphatic heterocycles. The van der Waals surface area contributed by atoms with E-state index in [1.807, 2.05) is 41.8 Å². The number of hydrogen-bond donors (Lipinski definition) is 1. The Morgan fingerprint density at radius 3 is 2.88 bits per heavy atom. The summed E-state index contributed by atoms with van der Waals surface area (Å²) in [7, 11) is 0. The summed E-state index contributed by atoms with van der Waals surface area (Å²) in [6, 6.07) is 11.6. The van der Waals surface area contributed by atoms with Gasteiger partial charge in [-0.15, -0.1) is 21.5 Å². The zero-order valence-corrected chi connectivity index (χ0v) is 16.7. The SMILES string of the molecule is CC(NC(=O)CSc1nncn1CCc1cccs1)c1ccc(Cl)cc1. The monoisotopic (exact) mass is 406 g/mol. The lowest BCUT2D eigenvalue weighted by atomic mass is 10.1. The minimum absolute atomic E-state index is 0.0368. The Morgan fingerprint density at radius 2 is 2.15 bits per heavy atom. The van der Waals surface area contributed by atoms with Crippen molar-refractivity contribution in [2.24, 2.45) is 0 Å². The fourth-order valence-electron chi connectivity index (χ4n) is 2.44. The third kappa shape index (κ3) is 5.33. The second-order valence-corrected chi connectivity index (χ2v) is 8.18. The molecule has 0 radical (unpaired) electrons. The van der Waals surface area contributed by atoms with Gasteiger partial charge in [-0.05, 0) is 42.5 Å². The van der Waals surface area contributed by atoms with E-state index >= 15 is 0 Å². The predicted molar refractivity (Wildman–Crippen MR) is 107 cm³/mol. The van der Waals surface area contributed by atoms with E-state index in [1.165, 1.54) is 16.6 Å². The Labute approximate surface area is 165 Å². The van der Waals surface area contributed by atoms with Crippen molar-refractivity contribution in [1.82, 2.24) is 20.1 Å². The summed E-state index contributed by atoms with van der Waals surface area (Å²) < 4.78 is 1.99. The number of nitrogens with one attached hydrogen (secondary N) is 1. The van der Waals surface area contributed by atoms with Gasteiger partial charge < -0.3 is 9.88 Å². The maximum Gasteiger partial charge on any atom is 0.230 e. The fraction of sp³-hybridized carbons (Fsp3) is 0.278. The van der Waals surface area contributed by atoms with Crippen molar-refractivity contribution >= 4 is 40.6 Å². The van der Waals surface area contributed by atoms with Gasteiger partial charge in [-0.1, -0.05) is 41.6 Å². The Kier molecular flexibility index (Phi) is 6.71. The number of halogens is 1. The first kappa shape index (κ1) is 18.9. The number of hydrogen-bond acceptors (Lipinski definition) is 5. The Hall–Kier alpha value is -1.83. The normalized spacial score (nSPS) is 12.1. The number of rotatable bonds is 8. The maximum absolute atomic E-state index is 12.2. The quantitative estimate of drug-likeness (QED) is 0.569. The van der Waals surface area contributed by atoms with Gasteiger partial charge in [-0.2, -0.15) is 0 Å². The van der Waals surface area contributed by atoms with Gasteiger partial charge in [-0.25, -0.2) is 0 Å². The van der Waals surface area contributed by atoms with Gasteiger partial charge >= 0.3 is 0 Å². The molecule has 2 aromatic heterocycles. The molecule has 5 nitrogen and oxygen atoms in total. The average molecular weight is 407 g/mol. The van der Waals surface area contributed by atoms with Gasteiger partial charge in [0.2, 0.25) is 5.91 Å². The van der Waals surface area contributed by atoms with Gasteiger partial charge in [-0.3, -0.25) is 4.79 Å². The molecular weight excluding hydrogens is 388 g/mol. The van der Waals surface area contributed by atoms with Crippen molar-refractivity contribution in [1.29, 1.82) is 0 Å². The molecule has 0 bridgehead atoms. The number of nitrogens with zero attached hydrogens (tertiary/aromatic N) is 3. The number of benzene rings is 1. The fourth-order valence-corrected chi connectivity index (χ4v) is 4.02. The number of aromatic nitrogens is 3. The van der Waals surface area contributed by atoms with Crippen molar-refractivity contribution in [2.45, 2.75) is 31.1 Å². The summed E-state index contributed by atoms with van der Waals surface area (Å²) in [5.41, 5.74) is 1.02. The first-order valence-electron chi connectivity index (χ1n) is 8.19. The van der Waals surface area contributed by atoms with Crippen LogP contribution < -0.4 is 5.32 Å².